The minimum Gasteiger partial charge on any atom is -0.358 e. The van der Waals surface area contributed by atoms with Crippen LogP contribution in [-0.4, -0.2) is 49.4 Å². The molecule has 3 rings (SSSR count). The van der Waals surface area contributed by atoms with Crippen LogP contribution in [0.4, 0.5) is 0 Å². The summed E-state index contributed by atoms with van der Waals surface area (Å²) in [5, 5.41) is 23.7. The first-order valence-electron chi connectivity index (χ1n) is 9.74. The van der Waals surface area contributed by atoms with Gasteiger partial charge in [0.15, 0.2) is 0 Å². The van der Waals surface area contributed by atoms with Crippen molar-refractivity contribution in [2.24, 2.45) is 5.92 Å². The molecule has 0 aromatic heterocycles. The maximum atomic E-state index is 12.4. The van der Waals surface area contributed by atoms with Crippen LogP contribution in [0.15, 0.2) is 48.5 Å². The molecule has 0 unspecified atom stereocenters. The summed E-state index contributed by atoms with van der Waals surface area (Å²) in [4.78, 5) is 25.6. The standard InChI is InChI=1S/C23H23N5O2/c1-26-22(29)15-28-13-20(14-28)23(30)27-21(12-25)10-16-2-6-18(7-3-16)19-8-4-17(11-24)5-9-19/h2-9,20-21H,10,13-15H2,1H3,(H,26,29)(H,27,30)/t21-/m0/s1. The van der Waals surface area contributed by atoms with Crippen LogP contribution in [0.25, 0.3) is 11.1 Å². The van der Waals surface area contributed by atoms with Crippen molar-refractivity contribution < 1.29 is 9.59 Å². The second kappa shape index (κ2) is 9.69. The van der Waals surface area contributed by atoms with Gasteiger partial charge in [-0.3, -0.25) is 14.5 Å². The fraction of sp³-hybridized carbons (Fsp3) is 0.304. The summed E-state index contributed by atoms with van der Waals surface area (Å²) in [6.45, 7) is 1.33. The van der Waals surface area contributed by atoms with Crippen LogP contribution in [0.2, 0.25) is 0 Å². The van der Waals surface area contributed by atoms with Gasteiger partial charge in [-0.05, 0) is 28.8 Å². The Balaban J connectivity index is 1.52. The van der Waals surface area contributed by atoms with Crippen LogP contribution in [0.1, 0.15) is 11.1 Å². The molecule has 0 bridgehead atoms. The summed E-state index contributed by atoms with van der Waals surface area (Å²) in [5.74, 6) is -0.415. The average molecular weight is 401 g/mol. The maximum absolute atomic E-state index is 12.4. The molecule has 2 aromatic rings. The molecule has 1 atom stereocenters. The van der Waals surface area contributed by atoms with Gasteiger partial charge >= 0.3 is 0 Å². The van der Waals surface area contributed by atoms with Crippen molar-refractivity contribution in [1.82, 2.24) is 15.5 Å². The minimum absolute atomic E-state index is 0.0757. The van der Waals surface area contributed by atoms with Gasteiger partial charge in [0, 0.05) is 26.6 Å². The smallest absolute Gasteiger partial charge is 0.233 e. The van der Waals surface area contributed by atoms with Crippen LogP contribution in [0, 0.1) is 28.6 Å². The van der Waals surface area contributed by atoms with Gasteiger partial charge in [0.2, 0.25) is 11.8 Å². The molecule has 0 spiro atoms. The predicted molar refractivity (Wildman–Crippen MR) is 112 cm³/mol. The first-order chi connectivity index (χ1) is 14.5. The summed E-state index contributed by atoms with van der Waals surface area (Å²) in [6.07, 6.45) is 0.421. The lowest BCUT2D eigenvalue weighted by molar-refractivity contribution is -0.133. The van der Waals surface area contributed by atoms with Crippen molar-refractivity contribution in [2.45, 2.75) is 12.5 Å². The fourth-order valence-corrected chi connectivity index (χ4v) is 3.37. The van der Waals surface area contributed by atoms with E-state index in [1.54, 1.807) is 19.2 Å². The molecule has 1 saturated heterocycles. The molecular weight excluding hydrogens is 378 g/mol. The third-order valence-corrected chi connectivity index (χ3v) is 5.19. The number of carbonyl (C=O) groups excluding carboxylic acids is 2. The van der Waals surface area contributed by atoms with E-state index in [1.165, 1.54) is 0 Å². The molecule has 0 radical (unpaired) electrons. The maximum Gasteiger partial charge on any atom is 0.233 e. The predicted octanol–water partition coefficient (Wildman–Crippen LogP) is 1.45. The quantitative estimate of drug-likeness (QED) is 0.730. The Morgan fingerprint density at radius 1 is 1.07 bits per heavy atom. The molecule has 1 heterocycles. The fourth-order valence-electron chi connectivity index (χ4n) is 3.37. The van der Waals surface area contributed by atoms with Gasteiger partial charge in [0.25, 0.3) is 0 Å². The second-order valence-electron chi connectivity index (χ2n) is 7.34. The van der Waals surface area contributed by atoms with E-state index >= 15 is 0 Å². The number of rotatable bonds is 7. The molecule has 1 fully saturated rings. The molecule has 2 amide bonds. The molecule has 152 valence electrons. The van der Waals surface area contributed by atoms with Crippen molar-refractivity contribution in [3.8, 4) is 23.3 Å². The Bertz CT molecular complexity index is 980. The van der Waals surface area contributed by atoms with E-state index in [-0.39, 0.29) is 24.3 Å². The van der Waals surface area contributed by atoms with E-state index in [2.05, 4.69) is 22.8 Å². The number of nitrogens with one attached hydrogen (secondary N) is 2. The van der Waals surface area contributed by atoms with Crippen LogP contribution in [-0.2, 0) is 16.0 Å². The first-order valence-corrected chi connectivity index (χ1v) is 9.74. The van der Waals surface area contributed by atoms with Gasteiger partial charge in [-0.25, -0.2) is 0 Å². The summed E-state index contributed by atoms with van der Waals surface area (Å²) in [6, 6.07) is 18.8. The largest absolute Gasteiger partial charge is 0.358 e. The zero-order chi connectivity index (χ0) is 21.5. The molecule has 30 heavy (non-hydrogen) atoms. The van der Waals surface area contributed by atoms with Crippen molar-refractivity contribution >= 4 is 11.8 Å². The molecular formula is C23H23N5O2. The second-order valence-corrected chi connectivity index (χ2v) is 7.34. The topological polar surface area (TPSA) is 109 Å². The summed E-state index contributed by atoms with van der Waals surface area (Å²) in [7, 11) is 1.58. The number of benzene rings is 2. The Kier molecular flexibility index (Phi) is 6.79. The summed E-state index contributed by atoms with van der Waals surface area (Å²) < 4.78 is 0. The highest BCUT2D eigenvalue weighted by Gasteiger charge is 2.34. The van der Waals surface area contributed by atoms with Gasteiger partial charge in [-0.15, -0.1) is 0 Å². The third kappa shape index (κ3) is 5.22. The highest BCUT2D eigenvalue weighted by atomic mass is 16.2. The van der Waals surface area contributed by atoms with E-state index < -0.39 is 6.04 Å². The van der Waals surface area contributed by atoms with Crippen molar-refractivity contribution in [2.75, 3.05) is 26.7 Å². The number of hydrogen-bond acceptors (Lipinski definition) is 5. The van der Waals surface area contributed by atoms with Gasteiger partial charge < -0.3 is 10.6 Å². The van der Waals surface area contributed by atoms with Gasteiger partial charge in [-0.2, -0.15) is 10.5 Å². The zero-order valence-corrected chi connectivity index (χ0v) is 16.8. The lowest BCUT2D eigenvalue weighted by Crippen LogP contribution is -2.56. The number of nitriles is 2. The van der Waals surface area contributed by atoms with Crippen molar-refractivity contribution in [3.05, 3.63) is 59.7 Å². The number of amides is 2. The molecule has 2 aromatic carbocycles. The number of hydrogen-bond donors (Lipinski definition) is 2. The Hall–Kier alpha value is -3.68. The molecule has 7 heteroatoms. The number of likely N-dealkylation sites (tertiary alicyclic amines) is 1. The molecule has 0 aliphatic carbocycles. The highest BCUT2D eigenvalue weighted by Crippen LogP contribution is 2.21. The Morgan fingerprint density at radius 2 is 1.67 bits per heavy atom. The van der Waals surface area contributed by atoms with Gasteiger partial charge in [-0.1, -0.05) is 36.4 Å². The Labute approximate surface area is 175 Å². The molecule has 1 aliphatic rings. The molecule has 7 nitrogen and oxygen atoms in total. The summed E-state index contributed by atoms with van der Waals surface area (Å²) >= 11 is 0. The van der Waals surface area contributed by atoms with E-state index in [0.717, 1.165) is 16.7 Å². The van der Waals surface area contributed by atoms with Crippen LogP contribution in [0.3, 0.4) is 0 Å². The highest BCUT2D eigenvalue weighted by molar-refractivity contribution is 5.82. The molecule has 0 saturated carbocycles. The normalized spacial score (nSPS) is 14.6. The van der Waals surface area contributed by atoms with E-state index in [1.807, 2.05) is 41.3 Å². The monoisotopic (exact) mass is 401 g/mol. The van der Waals surface area contributed by atoms with E-state index in [4.69, 9.17) is 5.26 Å². The molecule has 2 N–H and O–H groups in total. The lowest BCUT2D eigenvalue weighted by atomic mass is 9.97. The molecule has 1 aliphatic heterocycles. The number of carbonyl (C=O) groups is 2. The Morgan fingerprint density at radius 3 is 2.20 bits per heavy atom. The van der Waals surface area contributed by atoms with Gasteiger partial charge in [0.1, 0.15) is 6.04 Å². The van der Waals surface area contributed by atoms with E-state index in [9.17, 15) is 14.9 Å². The number of likely N-dealkylation sites (N-methyl/N-ethyl adjacent to an activating group) is 1. The van der Waals surface area contributed by atoms with Gasteiger partial charge in [0.05, 0.1) is 30.2 Å². The van der Waals surface area contributed by atoms with Crippen LogP contribution < -0.4 is 10.6 Å². The summed E-state index contributed by atoms with van der Waals surface area (Å²) in [5.41, 5.74) is 3.60. The van der Waals surface area contributed by atoms with Crippen molar-refractivity contribution in [1.29, 1.82) is 10.5 Å². The van der Waals surface area contributed by atoms with Crippen LogP contribution >= 0.6 is 0 Å². The first kappa shape index (κ1) is 21.0. The average Bonchev–Trinajstić information content (AvgIpc) is 2.75. The van der Waals surface area contributed by atoms with Crippen LogP contribution in [0.5, 0.6) is 0 Å². The lowest BCUT2D eigenvalue weighted by Gasteiger charge is -2.37. The minimum atomic E-state index is -0.605. The van der Waals surface area contributed by atoms with E-state index in [0.29, 0.717) is 25.1 Å². The SMILES string of the molecule is CNC(=O)CN1CC(C(=O)N[C@H](C#N)Cc2ccc(-c3ccc(C#N)cc3)cc2)C1. The third-order valence-electron chi connectivity index (χ3n) is 5.19. The zero-order valence-electron chi connectivity index (χ0n) is 16.8. The number of nitrogens with zero attached hydrogens (tertiary/aromatic N) is 3. The van der Waals surface area contributed by atoms with Crippen molar-refractivity contribution in [3.63, 3.8) is 0 Å².